The van der Waals surface area contributed by atoms with Crippen LogP contribution >= 0.6 is 0 Å². The topological polar surface area (TPSA) is 95.9 Å². The maximum atomic E-state index is 12.6. The summed E-state index contributed by atoms with van der Waals surface area (Å²) in [5.74, 6) is -0.0269. The lowest BCUT2D eigenvalue weighted by atomic mass is 10.0. The Hall–Kier alpha value is -1.66. The number of allylic oxidation sites excluding steroid dienone is 4. The van der Waals surface area contributed by atoms with Crippen molar-refractivity contribution in [2.24, 2.45) is 0 Å². The number of rotatable bonds is 69. The van der Waals surface area contributed by atoms with Crippen LogP contribution in [0.25, 0.3) is 0 Å². The Balaban J connectivity index is 3.37. The predicted octanol–water partition coefficient (Wildman–Crippen LogP) is 23.7. The van der Waals surface area contributed by atoms with Gasteiger partial charge in [-0.15, -0.1) is 0 Å². The molecule has 0 rings (SSSR count). The molecule has 0 aliphatic carbocycles. The molecule has 0 aromatic carbocycles. The van der Waals surface area contributed by atoms with Crippen LogP contribution in [0.2, 0.25) is 0 Å². The van der Waals surface area contributed by atoms with Gasteiger partial charge in [0.05, 0.1) is 25.4 Å². The molecule has 0 radical (unpaired) electrons. The average molecular weight is 1130 g/mol. The number of hydrogen-bond acceptors (Lipinski definition) is 5. The van der Waals surface area contributed by atoms with Gasteiger partial charge in [-0.05, 0) is 51.4 Å². The summed E-state index contributed by atoms with van der Waals surface area (Å²) in [7, 11) is 0. The van der Waals surface area contributed by atoms with E-state index in [2.05, 4.69) is 43.5 Å². The van der Waals surface area contributed by atoms with E-state index in [4.69, 9.17) is 4.74 Å². The second kappa shape index (κ2) is 69.8. The van der Waals surface area contributed by atoms with E-state index in [0.717, 1.165) is 51.4 Å². The second-order valence-electron chi connectivity index (χ2n) is 25.3. The highest BCUT2D eigenvalue weighted by atomic mass is 16.5. The molecule has 0 bridgehead atoms. The number of ether oxygens (including phenoxy) is 1. The van der Waals surface area contributed by atoms with Crippen LogP contribution in [0.15, 0.2) is 24.3 Å². The Kier molecular flexibility index (Phi) is 68.4. The summed E-state index contributed by atoms with van der Waals surface area (Å²) in [5, 5.41) is 23.5. The summed E-state index contributed by atoms with van der Waals surface area (Å²) in [4.78, 5) is 24.6. The van der Waals surface area contributed by atoms with Gasteiger partial charge in [0.1, 0.15) is 0 Å². The largest absolute Gasteiger partial charge is 0.466 e. The van der Waals surface area contributed by atoms with Crippen LogP contribution in [0.1, 0.15) is 412 Å². The zero-order valence-corrected chi connectivity index (χ0v) is 54.3. The zero-order valence-electron chi connectivity index (χ0n) is 54.3. The van der Waals surface area contributed by atoms with E-state index in [1.54, 1.807) is 0 Å². The van der Waals surface area contributed by atoms with E-state index < -0.39 is 12.1 Å². The summed E-state index contributed by atoms with van der Waals surface area (Å²) >= 11 is 0. The van der Waals surface area contributed by atoms with Crippen LogP contribution in [0, 0.1) is 0 Å². The minimum absolute atomic E-state index is 0.00182. The summed E-state index contributed by atoms with van der Waals surface area (Å²) in [6.45, 7) is 4.95. The number of carbonyl (C=O) groups excluding carboxylic acids is 2. The lowest BCUT2D eigenvalue weighted by Crippen LogP contribution is -2.45. The maximum absolute atomic E-state index is 12.6. The first kappa shape index (κ1) is 78.3. The third-order valence-corrected chi connectivity index (χ3v) is 17.3. The molecule has 1 amide bonds. The van der Waals surface area contributed by atoms with Crippen LogP contribution in [0.3, 0.4) is 0 Å². The number of amides is 1. The van der Waals surface area contributed by atoms with Gasteiger partial charge in [0.25, 0.3) is 0 Å². The molecular weight excluding hydrogens is 983 g/mol. The number of unbranched alkanes of at least 4 members (excludes halogenated alkanes) is 54. The molecule has 0 aromatic rings. The lowest BCUT2D eigenvalue weighted by Gasteiger charge is -2.22. The van der Waals surface area contributed by atoms with E-state index in [1.807, 2.05) is 0 Å². The monoisotopic (exact) mass is 1130 g/mol. The fourth-order valence-electron chi connectivity index (χ4n) is 11.7. The Labute approximate surface area is 501 Å². The van der Waals surface area contributed by atoms with E-state index in [1.165, 1.54) is 327 Å². The molecule has 0 heterocycles. The van der Waals surface area contributed by atoms with Crippen molar-refractivity contribution in [1.82, 2.24) is 5.32 Å². The molecule has 0 aliphatic heterocycles. The van der Waals surface area contributed by atoms with Crippen molar-refractivity contribution in [2.75, 3.05) is 13.2 Å². The third-order valence-electron chi connectivity index (χ3n) is 17.3. The van der Waals surface area contributed by atoms with Crippen molar-refractivity contribution in [2.45, 2.75) is 424 Å². The second-order valence-corrected chi connectivity index (χ2v) is 25.3. The molecule has 0 saturated carbocycles. The van der Waals surface area contributed by atoms with Gasteiger partial charge in [0.15, 0.2) is 0 Å². The molecule has 0 aromatic heterocycles. The van der Waals surface area contributed by atoms with Gasteiger partial charge in [-0.25, -0.2) is 0 Å². The molecule has 0 aliphatic rings. The van der Waals surface area contributed by atoms with Crippen molar-refractivity contribution >= 4 is 11.9 Å². The normalized spacial score (nSPS) is 12.6. The number of aliphatic hydroxyl groups is 2. The SMILES string of the molecule is CCCC/C=C\C/C=C\CCCCCCCC(=O)OCCCCCCCCCCCCCCCCCCCCCCCCCCC(=O)NC(CO)C(O)CCCCCCCCCCCCCCCCCCCCCCCCCCC. The van der Waals surface area contributed by atoms with E-state index in [-0.39, 0.29) is 18.5 Å². The van der Waals surface area contributed by atoms with Crippen molar-refractivity contribution in [3.63, 3.8) is 0 Å². The molecule has 0 spiro atoms. The van der Waals surface area contributed by atoms with Gasteiger partial charge in [0.2, 0.25) is 5.91 Å². The summed E-state index contributed by atoms with van der Waals surface area (Å²) in [5.41, 5.74) is 0. The van der Waals surface area contributed by atoms with Crippen LogP contribution in [-0.4, -0.2) is 47.4 Å². The Morgan fingerprint density at radius 2 is 0.637 bits per heavy atom. The van der Waals surface area contributed by atoms with Gasteiger partial charge in [-0.1, -0.05) is 372 Å². The number of hydrogen-bond donors (Lipinski definition) is 3. The summed E-state index contributed by atoms with van der Waals surface area (Å²) < 4.78 is 5.48. The third kappa shape index (κ3) is 65.5. The first-order valence-electron chi connectivity index (χ1n) is 36.6. The Morgan fingerprint density at radius 1 is 0.350 bits per heavy atom. The minimum Gasteiger partial charge on any atom is -0.466 e. The van der Waals surface area contributed by atoms with Crippen LogP contribution in [0.4, 0.5) is 0 Å². The van der Waals surface area contributed by atoms with E-state index in [9.17, 15) is 19.8 Å². The van der Waals surface area contributed by atoms with Crippen molar-refractivity contribution < 1.29 is 24.5 Å². The highest BCUT2D eigenvalue weighted by Crippen LogP contribution is 2.20. The highest BCUT2D eigenvalue weighted by Gasteiger charge is 2.20. The van der Waals surface area contributed by atoms with Crippen molar-refractivity contribution in [3.8, 4) is 0 Å². The number of nitrogens with one attached hydrogen (secondary N) is 1. The van der Waals surface area contributed by atoms with Crippen molar-refractivity contribution in [1.29, 1.82) is 0 Å². The molecule has 2 unspecified atom stereocenters. The smallest absolute Gasteiger partial charge is 0.305 e. The van der Waals surface area contributed by atoms with Crippen LogP contribution in [-0.2, 0) is 14.3 Å². The first-order chi connectivity index (χ1) is 39.5. The molecule has 474 valence electrons. The number of carbonyl (C=O) groups is 2. The summed E-state index contributed by atoms with van der Waals surface area (Å²) in [6, 6.07) is -0.542. The first-order valence-corrected chi connectivity index (χ1v) is 36.6. The highest BCUT2D eigenvalue weighted by molar-refractivity contribution is 5.76. The van der Waals surface area contributed by atoms with Crippen LogP contribution in [0.5, 0.6) is 0 Å². The van der Waals surface area contributed by atoms with Gasteiger partial charge in [-0.2, -0.15) is 0 Å². The molecule has 2 atom stereocenters. The number of aliphatic hydroxyl groups excluding tert-OH is 2. The molecule has 3 N–H and O–H groups in total. The molecule has 6 nitrogen and oxygen atoms in total. The van der Waals surface area contributed by atoms with Crippen LogP contribution < -0.4 is 5.32 Å². The fourth-order valence-corrected chi connectivity index (χ4v) is 11.7. The molecular formula is C74H143NO5. The van der Waals surface area contributed by atoms with E-state index in [0.29, 0.717) is 25.9 Å². The lowest BCUT2D eigenvalue weighted by molar-refractivity contribution is -0.143. The number of esters is 1. The molecule has 0 fully saturated rings. The van der Waals surface area contributed by atoms with E-state index >= 15 is 0 Å². The van der Waals surface area contributed by atoms with Gasteiger partial charge < -0.3 is 20.3 Å². The molecule has 0 saturated heterocycles. The van der Waals surface area contributed by atoms with Gasteiger partial charge >= 0.3 is 5.97 Å². The fraction of sp³-hybridized carbons (Fsp3) is 0.919. The molecule has 6 heteroatoms. The quantitative estimate of drug-likeness (QED) is 0.0320. The predicted molar refractivity (Wildman–Crippen MR) is 352 cm³/mol. The average Bonchev–Trinajstić information content (AvgIpc) is 3.46. The minimum atomic E-state index is -0.665. The Bertz CT molecular complexity index is 1250. The standard InChI is InChI=1S/C74H143NO5/c1-3-5-7-9-11-13-15-17-19-20-21-22-23-24-27-30-33-36-39-42-46-50-54-58-62-66-72(77)71(70-76)75-73(78)67-63-59-55-51-47-43-40-37-34-31-28-25-26-29-32-35-38-41-45-49-53-57-61-65-69-80-74(79)68-64-60-56-52-48-44-18-16-14-12-10-8-6-4-2/h10,12,16,18,71-72,76-77H,3-9,11,13-15,17,19-70H2,1-2H3,(H,75,78)/b12-10-,18-16-. The molecule has 80 heavy (non-hydrogen) atoms. The van der Waals surface area contributed by atoms with Gasteiger partial charge in [-0.3, -0.25) is 9.59 Å². The van der Waals surface area contributed by atoms with Crippen molar-refractivity contribution in [3.05, 3.63) is 24.3 Å². The Morgan fingerprint density at radius 3 is 0.988 bits per heavy atom. The summed E-state index contributed by atoms with van der Waals surface area (Å²) in [6.07, 6.45) is 88.0. The van der Waals surface area contributed by atoms with Gasteiger partial charge in [0, 0.05) is 12.8 Å². The zero-order chi connectivity index (χ0) is 57.8. The maximum Gasteiger partial charge on any atom is 0.305 e.